The van der Waals surface area contributed by atoms with Crippen LogP contribution in [0, 0.1) is 0 Å². The molecule has 14 heavy (non-hydrogen) atoms. The van der Waals surface area contributed by atoms with Crippen LogP contribution in [0.25, 0.3) is 0 Å². The van der Waals surface area contributed by atoms with E-state index in [4.69, 9.17) is 5.84 Å². The number of nitrogen functional groups attached to an aromatic ring is 1. The van der Waals surface area contributed by atoms with Crippen molar-refractivity contribution in [3.05, 3.63) is 24.3 Å². The molecule has 1 heterocycles. The van der Waals surface area contributed by atoms with Gasteiger partial charge >= 0.3 is 0 Å². The van der Waals surface area contributed by atoms with Crippen LogP contribution in [-0.4, -0.2) is 13.1 Å². The summed E-state index contributed by atoms with van der Waals surface area (Å²) in [5.41, 5.74) is 4.91. The van der Waals surface area contributed by atoms with Crippen molar-refractivity contribution < 1.29 is 0 Å². The molecule has 0 aromatic heterocycles. The molecule has 0 unspecified atom stereocenters. The molecule has 0 saturated carbocycles. The second-order valence-corrected chi connectivity index (χ2v) is 3.74. The number of piperidine rings is 1. The van der Waals surface area contributed by atoms with Gasteiger partial charge in [0.15, 0.2) is 0 Å². The summed E-state index contributed by atoms with van der Waals surface area (Å²) in [6, 6.07) is 8.29. The Balaban J connectivity index is 2.07. The number of hydrogen-bond acceptors (Lipinski definition) is 3. The lowest BCUT2D eigenvalue weighted by Crippen LogP contribution is -2.29. The third-order valence-electron chi connectivity index (χ3n) is 2.76. The molecule has 0 bridgehead atoms. The van der Waals surface area contributed by atoms with Crippen molar-refractivity contribution in [3.63, 3.8) is 0 Å². The predicted octanol–water partition coefficient (Wildman–Crippen LogP) is 1.96. The zero-order valence-corrected chi connectivity index (χ0v) is 8.37. The van der Waals surface area contributed by atoms with Crippen LogP contribution in [-0.2, 0) is 0 Å². The van der Waals surface area contributed by atoms with E-state index in [1.165, 1.54) is 38.0 Å². The normalized spacial score (nSPS) is 16.8. The molecule has 3 heteroatoms. The predicted molar refractivity (Wildman–Crippen MR) is 60.3 cm³/mol. The minimum atomic E-state index is 0.964. The molecule has 0 radical (unpaired) electrons. The zero-order valence-electron chi connectivity index (χ0n) is 8.37. The fourth-order valence-corrected chi connectivity index (χ4v) is 1.92. The van der Waals surface area contributed by atoms with Gasteiger partial charge in [0.2, 0.25) is 0 Å². The van der Waals surface area contributed by atoms with Gasteiger partial charge in [0.25, 0.3) is 0 Å². The fraction of sp³-hybridized carbons (Fsp3) is 0.455. The van der Waals surface area contributed by atoms with Crippen LogP contribution in [0.3, 0.4) is 0 Å². The number of benzene rings is 1. The Morgan fingerprint density at radius 3 is 2.21 bits per heavy atom. The first-order valence-electron chi connectivity index (χ1n) is 5.22. The standard InChI is InChI=1S/C11H17N3/c12-13-10-4-6-11(7-5-10)14-8-2-1-3-9-14/h4-7,13H,1-3,8-9,12H2. The molecule has 0 aliphatic carbocycles. The third-order valence-corrected chi connectivity index (χ3v) is 2.76. The molecule has 1 saturated heterocycles. The van der Waals surface area contributed by atoms with Crippen LogP contribution in [0.4, 0.5) is 11.4 Å². The Labute approximate surface area is 84.9 Å². The van der Waals surface area contributed by atoms with E-state index in [9.17, 15) is 0 Å². The van der Waals surface area contributed by atoms with Crippen LogP contribution in [0.1, 0.15) is 19.3 Å². The molecule has 1 aromatic rings. The molecular weight excluding hydrogens is 174 g/mol. The van der Waals surface area contributed by atoms with Gasteiger partial charge in [-0.05, 0) is 43.5 Å². The lowest BCUT2D eigenvalue weighted by atomic mass is 10.1. The first-order chi connectivity index (χ1) is 6.90. The number of hydrogen-bond donors (Lipinski definition) is 2. The number of nitrogens with one attached hydrogen (secondary N) is 1. The van der Waals surface area contributed by atoms with E-state index in [2.05, 4.69) is 22.5 Å². The van der Waals surface area contributed by atoms with Gasteiger partial charge < -0.3 is 10.3 Å². The topological polar surface area (TPSA) is 41.3 Å². The second-order valence-electron chi connectivity index (χ2n) is 3.74. The summed E-state index contributed by atoms with van der Waals surface area (Å²) in [6.07, 6.45) is 4.01. The molecule has 3 N–H and O–H groups in total. The smallest absolute Gasteiger partial charge is 0.0486 e. The van der Waals surface area contributed by atoms with Gasteiger partial charge in [0, 0.05) is 24.5 Å². The first-order valence-corrected chi connectivity index (χ1v) is 5.22. The van der Waals surface area contributed by atoms with Gasteiger partial charge in [-0.2, -0.15) is 0 Å². The summed E-state index contributed by atoms with van der Waals surface area (Å²) in [7, 11) is 0. The van der Waals surface area contributed by atoms with Crippen LogP contribution >= 0.6 is 0 Å². The number of anilines is 2. The molecule has 0 spiro atoms. The summed E-state index contributed by atoms with van der Waals surface area (Å²) in [5, 5.41) is 0. The highest BCUT2D eigenvalue weighted by molar-refractivity contribution is 5.54. The molecule has 1 aliphatic rings. The minimum absolute atomic E-state index is 0.964. The van der Waals surface area contributed by atoms with E-state index in [-0.39, 0.29) is 0 Å². The van der Waals surface area contributed by atoms with Crippen molar-refractivity contribution in [1.82, 2.24) is 0 Å². The minimum Gasteiger partial charge on any atom is -0.372 e. The summed E-state index contributed by atoms with van der Waals surface area (Å²) in [4.78, 5) is 2.43. The highest BCUT2D eigenvalue weighted by atomic mass is 15.2. The molecule has 3 nitrogen and oxygen atoms in total. The molecule has 0 atom stereocenters. The lowest BCUT2D eigenvalue weighted by molar-refractivity contribution is 0.578. The van der Waals surface area contributed by atoms with Crippen LogP contribution in [0.15, 0.2) is 24.3 Å². The summed E-state index contributed by atoms with van der Waals surface area (Å²) < 4.78 is 0. The quantitative estimate of drug-likeness (QED) is 0.554. The SMILES string of the molecule is NNc1ccc(N2CCCCC2)cc1. The van der Waals surface area contributed by atoms with E-state index >= 15 is 0 Å². The van der Waals surface area contributed by atoms with Crippen molar-refractivity contribution in [3.8, 4) is 0 Å². The summed E-state index contributed by atoms with van der Waals surface area (Å²) in [6.45, 7) is 2.38. The third kappa shape index (κ3) is 1.99. The molecule has 1 aromatic carbocycles. The van der Waals surface area contributed by atoms with Gasteiger partial charge in [-0.25, -0.2) is 0 Å². The van der Waals surface area contributed by atoms with Gasteiger partial charge in [-0.1, -0.05) is 0 Å². The maximum absolute atomic E-state index is 5.31. The Morgan fingerprint density at radius 1 is 1.00 bits per heavy atom. The maximum atomic E-state index is 5.31. The van der Waals surface area contributed by atoms with E-state index in [1.54, 1.807) is 0 Å². The van der Waals surface area contributed by atoms with Crippen molar-refractivity contribution in [2.45, 2.75) is 19.3 Å². The second kappa shape index (κ2) is 4.33. The summed E-state index contributed by atoms with van der Waals surface area (Å²) >= 11 is 0. The van der Waals surface area contributed by atoms with E-state index in [1.807, 2.05) is 12.1 Å². The lowest BCUT2D eigenvalue weighted by Gasteiger charge is -2.28. The van der Waals surface area contributed by atoms with Crippen molar-refractivity contribution in [2.75, 3.05) is 23.4 Å². The maximum Gasteiger partial charge on any atom is 0.0486 e. The largest absolute Gasteiger partial charge is 0.372 e. The average Bonchev–Trinajstić information content (AvgIpc) is 2.30. The highest BCUT2D eigenvalue weighted by Gasteiger charge is 2.09. The number of nitrogens with zero attached hydrogens (tertiary/aromatic N) is 1. The molecule has 76 valence electrons. The molecule has 0 amide bonds. The molecule has 1 fully saturated rings. The van der Waals surface area contributed by atoms with E-state index in [0.29, 0.717) is 0 Å². The van der Waals surface area contributed by atoms with Gasteiger partial charge in [0.05, 0.1) is 0 Å². The number of hydrazine groups is 1. The van der Waals surface area contributed by atoms with Gasteiger partial charge in [-0.15, -0.1) is 0 Å². The van der Waals surface area contributed by atoms with Crippen LogP contribution < -0.4 is 16.2 Å². The van der Waals surface area contributed by atoms with Crippen molar-refractivity contribution in [1.29, 1.82) is 0 Å². The zero-order chi connectivity index (χ0) is 9.80. The summed E-state index contributed by atoms with van der Waals surface area (Å²) in [5.74, 6) is 5.31. The average molecular weight is 191 g/mol. The number of rotatable bonds is 2. The van der Waals surface area contributed by atoms with Crippen molar-refractivity contribution in [2.24, 2.45) is 5.84 Å². The Hall–Kier alpha value is -1.22. The van der Waals surface area contributed by atoms with Gasteiger partial charge in [-0.3, -0.25) is 5.84 Å². The fourth-order valence-electron chi connectivity index (χ4n) is 1.92. The number of nitrogens with two attached hydrogens (primary N) is 1. The van der Waals surface area contributed by atoms with E-state index < -0.39 is 0 Å². The Morgan fingerprint density at radius 2 is 1.64 bits per heavy atom. The van der Waals surface area contributed by atoms with E-state index in [0.717, 1.165) is 5.69 Å². The molecule has 2 rings (SSSR count). The highest BCUT2D eigenvalue weighted by Crippen LogP contribution is 2.21. The monoisotopic (exact) mass is 191 g/mol. The van der Waals surface area contributed by atoms with Gasteiger partial charge in [0.1, 0.15) is 0 Å². The molecule has 1 aliphatic heterocycles. The Bertz CT molecular complexity index is 275. The Kier molecular flexibility index (Phi) is 2.89. The van der Waals surface area contributed by atoms with Crippen LogP contribution in [0.2, 0.25) is 0 Å². The first kappa shape index (κ1) is 9.34. The molecular formula is C11H17N3. The van der Waals surface area contributed by atoms with Crippen molar-refractivity contribution >= 4 is 11.4 Å². The van der Waals surface area contributed by atoms with Crippen LogP contribution in [0.5, 0.6) is 0 Å².